The van der Waals surface area contributed by atoms with Crippen LogP contribution in [-0.4, -0.2) is 38.4 Å². The highest BCUT2D eigenvalue weighted by Gasteiger charge is 2.12. The number of nitrogens with zero attached hydrogens (tertiary/aromatic N) is 3. The summed E-state index contributed by atoms with van der Waals surface area (Å²) < 4.78 is 6.35. The van der Waals surface area contributed by atoms with Crippen molar-refractivity contribution in [2.45, 2.75) is 13.5 Å². The van der Waals surface area contributed by atoms with Crippen LogP contribution in [0.2, 0.25) is 0 Å². The third kappa shape index (κ3) is 3.16. The predicted molar refractivity (Wildman–Crippen MR) is 66.4 cm³/mol. The summed E-state index contributed by atoms with van der Waals surface area (Å²) in [5, 5.41) is 14.4. The first-order valence-corrected chi connectivity index (χ1v) is 6.35. The lowest BCUT2D eigenvalue weighted by molar-refractivity contribution is 0.0525. The van der Waals surface area contributed by atoms with E-state index in [2.05, 4.69) is 10.1 Å². The van der Waals surface area contributed by atoms with E-state index in [1.807, 2.05) is 0 Å². The van der Waals surface area contributed by atoms with Crippen LogP contribution < -0.4 is 0 Å². The number of ether oxygens (including phenoxy) is 1. The van der Waals surface area contributed by atoms with Gasteiger partial charge in [0.1, 0.15) is 0 Å². The number of carbonyl (C=O) groups is 2. The molecule has 19 heavy (non-hydrogen) atoms. The molecule has 2 heterocycles. The molecule has 0 spiro atoms. The fourth-order valence-corrected chi connectivity index (χ4v) is 2.06. The van der Waals surface area contributed by atoms with Gasteiger partial charge in [-0.25, -0.2) is 14.6 Å². The van der Waals surface area contributed by atoms with Crippen molar-refractivity contribution >= 4 is 23.3 Å². The molecule has 0 saturated heterocycles. The van der Waals surface area contributed by atoms with Gasteiger partial charge in [0.15, 0.2) is 0 Å². The van der Waals surface area contributed by atoms with Crippen molar-refractivity contribution in [2.24, 2.45) is 0 Å². The Morgan fingerprint density at radius 3 is 2.95 bits per heavy atom. The maximum absolute atomic E-state index is 11.4. The molecule has 2 rings (SSSR count). The summed E-state index contributed by atoms with van der Waals surface area (Å²) >= 11 is 1.05. The van der Waals surface area contributed by atoms with Crippen LogP contribution in [-0.2, 0) is 11.3 Å². The maximum atomic E-state index is 11.4. The molecule has 0 aliphatic carbocycles. The largest absolute Gasteiger partial charge is 0.476 e. The molecule has 0 amide bonds. The van der Waals surface area contributed by atoms with Gasteiger partial charge in [-0.3, -0.25) is 4.68 Å². The molecule has 100 valence electrons. The van der Waals surface area contributed by atoms with Crippen LogP contribution in [0, 0.1) is 0 Å². The Morgan fingerprint density at radius 1 is 1.53 bits per heavy atom. The first-order valence-electron chi connectivity index (χ1n) is 5.47. The van der Waals surface area contributed by atoms with Crippen LogP contribution in [0.25, 0.3) is 0 Å². The van der Waals surface area contributed by atoms with Crippen LogP contribution in [0.1, 0.15) is 32.8 Å². The highest BCUT2D eigenvalue weighted by atomic mass is 32.1. The van der Waals surface area contributed by atoms with Crippen LogP contribution in [0.4, 0.5) is 0 Å². The van der Waals surface area contributed by atoms with E-state index in [4.69, 9.17) is 9.84 Å². The lowest BCUT2D eigenvalue weighted by Crippen LogP contribution is -2.04. The first-order chi connectivity index (χ1) is 9.10. The van der Waals surface area contributed by atoms with Gasteiger partial charge in [0, 0.05) is 11.6 Å². The molecule has 8 heteroatoms. The summed E-state index contributed by atoms with van der Waals surface area (Å²) in [6, 6.07) is 0. The number of esters is 1. The zero-order valence-corrected chi connectivity index (χ0v) is 10.9. The highest BCUT2D eigenvalue weighted by Crippen LogP contribution is 2.11. The fourth-order valence-electron chi connectivity index (χ4n) is 1.41. The molecule has 2 aromatic rings. The molecule has 0 unspecified atom stereocenters. The lowest BCUT2D eigenvalue weighted by Gasteiger charge is -1.98. The van der Waals surface area contributed by atoms with Gasteiger partial charge in [0.05, 0.1) is 30.6 Å². The van der Waals surface area contributed by atoms with E-state index in [0.29, 0.717) is 24.4 Å². The third-order valence-corrected chi connectivity index (χ3v) is 3.08. The number of rotatable bonds is 5. The fraction of sp³-hybridized carbons (Fsp3) is 0.273. The second-order valence-electron chi connectivity index (χ2n) is 3.60. The second kappa shape index (κ2) is 5.61. The number of hydrogen-bond donors (Lipinski definition) is 1. The van der Waals surface area contributed by atoms with Gasteiger partial charge in [-0.15, -0.1) is 11.3 Å². The molecule has 0 aromatic carbocycles. The number of thiazole rings is 1. The normalized spacial score (nSPS) is 10.4. The zero-order chi connectivity index (χ0) is 13.8. The average molecular weight is 281 g/mol. The Bertz CT molecular complexity index is 605. The van der Waals surface area contributed by atoms with Gasteiger partial charge in [0.25, 0.3) is 0 Å². The Labute approximate surface area is 112 Å². The minimum atomic E-state index is -1.05. The van der Waals surface area contributed by atoms with Crippen molar-refractivity contribution in [1.29, 1.82) is 0 Å². The van der Waals surface area contributed by atoms with E-state index in [1.54, 1.807) is 12.3 Å². The average Bonchev–Trinajstić information content (AvgIpc) is 2.99. The zero-order valence-electron chi connectivity index (χ0n) is 10.1. The van der Waals surface area contributed by atoms with E-state index in [1.165, 1.54) is 17.1 Å². The van der Waals surface area contributed by atoms with Gasteiger partial charge in [-0.2, -0.15) is 5.10 Å². The van der Waals surface area contributed by atoms with E-state index >= 15 is 0 Å². The summed E-state index contributed by atoms with van der Waals surface area (Å²) in [5.41, 5.74) is 0.941. The van der Waals surface area contributed by atoms with Crippen molar-refractivity contribution < 1.29 is 19.4 Å². The monoisotopic (exact) mass is 281 g/mol. The molecule has 0 atom stereocenters. The molecule has 0 fully saturated rings. The quantitative estimate of drug-likeness (QED) is 0.829. The van der Waals surface area contributed by atoms with Gasteiger partial charge >= 0.3 is 11.9 Å². The van der Waals surface area contributed by atoms with Gasteiger partial charge in [-0.05, 0) is 6.92 Å². The summed E-state index contributed by atoms with van der Waals surface area (Å²) in [6.07, 6.45) is 2.94. The minimum absolute atomic E-state index is 0.0350. The minimum Gasteiger partial charge on any atom is -0.476 e. The Balaban J connectivity index is 2.06. The molecule has 0 aliphatic rings. The van der Waals surface area contributed by atoms with Crippen LogP contribution in [0.15, 0.2) is 17.8 Å². The van der Waals surface area contributed by atoms with Gasteiger partial charge < -0.3 is 9.84 Å². The second-order valence-corrected chi connectivity index (χ2v) is 4.45. The Morgan fingerprint density at radius 2 is 2.32 bits per heavy atom. The number of carbonyl (C=O) groups excluding carboxylic acids is 1. The predicted octanol–water partition coefficient (Wildman–Crippen LogP) is 1.26. The molecular formula is C11H11N3O4S. The van der Waals surface area contributed by atoms with Gasteiger partial charge in [-0.1, -0.05) is 0 Å². The Hall–Kier alpha value is -2.22. The van der Waals surface area contributed by atoms with Crippen molar-refractivity contribution in [3.63, 3.8) is 0 Å². The number of carboxylic acid groups (broad SMARTS) is 1. The van der Waals surface area contributed by atoms with Gasteiger partial charge in [0.2, 0.25) is 5.01 Å². The van der Waals surface area contributed by atoms with Crippen molar-refractivity contribution in [1.82, 2.24) is 14.8 Å². The van der Waals surface area contributed by atoms with E-state index in [-0.39, 0.29) is 5.01 Å². The molecule has 1 N–H and O–H groups in total. The summed E-state index contributed by atoms with van der Waals surface area (Å²) in [4.78, 5) is 26.1. The molecule has 2 aromatic heterocycles. The number of hydrogen-bond acceptors (Lipinski definition) is 6. The van der Waals surface area contributed by atoms with Crippen LogP contribution in [0.3, 0.4) is 0 Å². The van der Waals surface area contributed by atoms with Crippen LogP contribution in [0.5, 0.6) is 0 Å². The Kier molecular flexibility index (Phi) is 3.91. The number of aromatic nitrogens is 3. The topological polar surface area (TPSA) is 94.3 Å². The van der Waals surface area contributed by atoms with Crippen molar-refractivity contribution in [3.8, 4) is 0 Å². The number of carboxylic acids is 1. The van der Waals surface area contributed by atoms with Crippen molar-refractivity contribution in [2.75, 3.05) is 6.61 Å². The molecule has 0 aliphatic heterocycles. The summed E-state index contributed by atoms with van der Waals surface area (Å²) in [6.45, 7) is 2.34. The molecule has 7 nitrogen and oxygen atoms in total. The third-order valence-electron chi connectivity index (χ3n) is 2.20. The SMILES string of the molecule is CCOC(=O)c1cnn(Cc2csc(C(=O)O)n2)c1. The summed E-state index contributed by atoms with van der Waals surface area (Å²) in [7, 11) is 0. The van der Waals surface area contributed by atoms with E-state index < -0.39 is 11.9 Å². The molecule has 0 bridgehead atoms. The molecule has 0 radical (unpaired) electrons. The maximum Gasteiger partial charge on any atom is 0.365 e. The smallest absolute Gasteiger partial charge is 0.365 e. The van der Waals surface area contributed by atoms with E-state index in [9.17, 15) is 9.59 Å². The van der Waals surface area contributed by atoms with Crippen molar-refractivity contribution in [3.05, 3.63) is 34.0 Å². The molecular weight excluding hydrogens is 270 g/mol. The first kappa shape index (κ1) is 13.2. The summed E-state index contributed by atoms with van der Waals surface area (Å²) in [5.74, 6) is -1.48. The standard InChI is InChI=1S/C11H11N3O4S/c1-2-18-11(17)7-3-12-14(4-7)5-8-6-19-9(13-8)10(15)16/h3-4,6H,2,5H2,1H3,(H,15,16). The molecule has 0 saturated carbocycles. The number of aromatic carboxylic acids is 1. The highest BCUT2D eigenvalue weighted by molar-refractivity contribution is 7.11. The van der Waals surface area contributed by atoms with Crippen LogP contribution >= 0.6 is 11.3 Å². The van der Waals surface area contributed by atoms with E-state index in [0.717, 1.165) is 11.3 Å². The lowest BCUT2D eigenvalue weighted by atomic mass is 10.4.